The van der Waals surface area contributed by atoms with E-state index in [4.69, 9.17) is 34.8 Å². The van der Waals surface area contributed by atoms with Gasteiger partial charge in [-0.2, -0.15) is 13.2 Å². The summed E-state index contributed by atoms with van der Waals surface area (Å²) in [6.07, 6.45) is -4.21. The summed E-state index contributed by atoms with van der Waals surface area (Å²) in [4.78, 5) is 37.4. The third-order valence-corrected chi connectivity index (χ3v) is 7.51. The Morgan fingerprint density at radius 3 is 2.21 bits per heavy atom. The summed E-state index contributed by atoms with van der Waals surface area (Å²) >= 11 is 18.5. The molecule has 6 nitrogen and oxygen atoms in total. The molecule has 0 bridgehead atoms. The lowest BCUT2D eigenvalue weighted by atomic mass is 10.0. The number of benzene rings is 3. The molecule has 3 aromatic carbocycles. The van der Waals surface area contributed by atoms with Crippen molar-refractivity contribution in [3.05, 3.63) is 100 Å². The molecule has 3 aromatic rings. The number of halogens is 9. The predicted molar refractivity (Wildman–Crippen MR) is 145 cm³/mol. The minimum atomic E-state index is -4.99. The van der Waals surface area contributed by atoms with Crippen molar-refractivity contribution in [1.29, 1.82) is 0 Å². The van der Waals surface area contributed by atoms with Gasteiger partial charge >= 0.3 is 6.18 Å². The summed E-state index contributed by atoms with van der Waals surface area (Å²) in [7, 11) is 0. The number of rotatable bonds is 7. The second-order valence-corrected chi connectivity index (χ2v) is 10.8. The highest BCUT2D eigenvalue weighted by Crippen LogP contribution is 2.65. The number of hydrogen-bond donors (Lipinski definition) is 3. The van der Waals surface area contributed by atoms with Gasteiger partial charge in [0, 0.05) is 11.6 Å². The minimum Gasteiger partial charge on any atom is -0.326 e. The van der Waals surface area contributed by atoms with Gasteiger partial charge in [0.25, 0.3) is 5.91 Å². The maximum Gasteiger partial charge on any atom is 0.419 e. The lowest BCUT2D eigenvalue weighted by Crippen LogP contribution is -2.19. The van der Waals surface area contributed by atoms with E-state index in [-0.39, 0.29) is 21.8 Å². The van der Waals surface area contributed by atoms with Gasteiger partial charge in [0.1, 0.15) is 21.7 Å². The van der Waals surface area contributed by atoms with E-state index in [2.05, 4.69) is 17.2 Å². The Hall–Kier alpha value is -3.74. The van der Waals surface area contributed by atoms with Crippen LogP contribution in [0.25, 0.3) is 0 Å². The van der Waals surface area contributed by atoms with Crippen LogP contribution in [-0.4, -0.2) is 22.1 Å². The van der Waals surface area contributed by atoms with Crippen molar-refractivity contribution in [3.8, 4) is 0 Å². The standard InChI is InChI=1S/C27H16Cl3F6N3O3/c1-2-19(40)39-23-17(32)7-8-18(22(23)33)38-24(41)13-10-12(4-5-15(13)28)37-25(42)21-20(26(21,29)30)11-3-6-16(31)14(9-11)27(34,35)36/h2-10,20-21H,1H2,(H,37,42)(H,38,41)(H,39,40)/t20-,21+/m0/s1. The zero-order valence-electron chi connectivity index (χ0n) is 20.7. The largest absolute Gasteiger partial charge is 0.419 e. The van der Waals surface area contributed by atoms with Gasteiger partial charge in [0.15, 0.2) is 5.82 Å². The molecule has 1 aliphatic carbocycles. The Balaban J connectivity index is 1.53. The van der Waals surface area contributed by atoms with Gasteiger partial charge < -0.3 is 16.0 Å². The average molecular weight is 651 g/mol. The van der Waals surface area contributed by atoms with Gasteiger partial charge in [-0.1, -0.05) is 24.2 Å². The first-order valence-corrected chi connectivity index (χ1v) is 12.8. The zero-order chi connectivity index (χ0) is 31.1. The molecule has 0 saturated heterocycles. The summed E-state index contributed by atoms with van der Waals surface area (Å²) in [6.45, 7) is 3.18. The van der Waals surface area contributed by atoms with Crippen LogP contribution in [0.4, 0.5) is 43.4 Å². The van der Waals surface area contributed by atoms with E-state index in [0.717, 1.165) is 30.3 Å². The molecule has 3 N–H and O–H groups in total. The molecule has 1 aliphatic rings. The highest BCUT2D eigenvalue weighted by Gasteiger charge is 2.67. The summed E-state index contributed by atoms with van der Waals surface area (Å²) in [6, 6.07) is 7.48. The normalized spacial score (nSPS) is 17.3. The molecule has 1 saturated carbocycles. The van der Waals surface area contributed by atoms with Crippen LogP contribution in [-0.2, 0) is 15.8 Å². The zero-order valence-corrected chi connectivity index (χ0v) is 23.0. The van der Waals surface area contributed by atoms with Crippen LogP contribution in [0.1, 0.15) is 27.4 Å². The second kappa shape index (κ2) is 11.5. The molecule has 4 rings (SSSR count). The lowest BCUT2D eigenvalue weighted by Gasteiger charge is -2.13. The summed E-state index contributed by atoms with van der Waals surface area (Å²) < 4.78 is 80.2. The van der Waals surface area contributed by atoms with Gasteiger partial charge in [-0.05, 0) is 54.1 Å². The molecule has 0 aliphatic heterocycles. The quantitative estimate of drug-likeness (QED) is 0.139. The Bertz CT molecular complexity index is 1630. The highest BCUT2D eigenvalue weighted by molar-refractivity contribution is 6.53. The number of amides is 3. The van der Waals surface area contributed by atoms with Crippen LogP contribution in [0, 0.1) is 23.4 Å². The summed E-state index contributed by atoms with van der Waals surface area (Å²) in [5.41, 5.74) is -3.29. The number of nitrogens with one attached hydrogen (secondary N) is 3. The Labute approximate surface area is 248 Å². The van der Waals surface area contributed by atoms with E-state index in [1.54, 1.807) is 0 Å². The lowest BCUT2D eigenvalue weighted by molar-refractivity contribution is -0.140. The molecule has 0 heterocycles. The number of alkyl halides is 5. The monoisotopic (exact) mass is 649 g/mol. The van der Waals surface area contributed by atoms with E-state index >= 15 is 0 Å². The van der Waals surface area contributed by atoms with Crippen molar-refractivity contribution in [2.24, 2.45) is 5.92 Å². The van der Waals surface area contributed by atoms with Crippen LogP contribution in [0.2, 0.25) is 5.02 Å². The Kier molecular flexibility index (Phi) is 8.55. The van der Waals surface area contributed by atoms with Crippen LogP contribution in [0.15, 0.2) is 61.2 Å². The number of anilines is 3. The van der Waals surface area contributed by atoms with Crippen LogP contribution in [0.3, 0.4) is 0 Å². The topological polar surface area (TPSA) is 87.3 Å². The van der Waals surface area contributed by atoms with Gasteiger partial charge in [-0.3, -0.25) is 14.4 Å². The fraction of sp³-hybridized carbons (Fsp3) is 0.148. The number of carbonyl (C=O) groups is 3. The second-order valence-electron chi connectivity index (χ2n) is 8.98. The molecule has 1 fully saturated rings. The number of hydrogen-bond acceptors (Lipinski definition) is 3. The first kappa shape index (κ1) is 31.2. The van der Waals surface area contributed by atoms with Crippen molar-refractivity contribution in [3.63, 3.8) is 0 Å². The van der Waals surface area contributed by atoms with E-state index in [1.807, 2.05) is 5.32 Å². The van der Waals surface area contributed by atoms with E-state index < -0.39 is 74.5 Å². The van der Waals surface area contributed by atoms with Gasteiger partial charge in [0.2, 0.25) is 11.8 Å². The molecule has 0 aromatic heterocycles. The number of carbonyl (C=O) groups excluding carboxylic acids is 3. The van der Waals surface area contributed by atoms with Crippen LogP contribution in [0.5, 0.6) is 0 Å². The molecular weight excluding hydrogens is 635 g/mol. The summed E-state index contributed by atoms with van der Waals surface area (Å²) in [5, 5.41) is 6.44. The maximum atomic E-state index is 14.8. The molecule has 42 heavy (non-hydrogen) atoms. The molecule has 0 radical (unpaired) electrons. The minimum absolute atomic E-state index is 0.0158. The molecular formula is C27H16Cl3F6N3O3. The van der Waals surface area contributed by atoms with Crippen LogP contribution < -0.4 is 16.0 Å². The van der Waals surface area contributed by atoms with Crippen molar-refractivity contribution in [2.45, 2.75) is 16.4 Å². The third-order valence-electron chi connectivity index (χ3n) is 6.24. The van der Waals surface area contributed by atoms with Gasteiger partial charge in [-0.25, -0.2) is 13.2 Å². The summed E-state index contributed by atoms with van der Waals surface area (Å²) in [5.74, 6) is -9.01. The van der Waals surface area contributed by atoms with Crippen molar-refractivity contribution in [2.75, 3.05) is 16.0 Å². The molecule has 0 unspecified atom stereocenters. The van der Waals surface area contributed by atoms with Gasteiger partial charge in [-0.15, -0.1) is 23.2 Å². The van der Waals surface area contributed by atoms with Crippen molar-refractivity contribution >= 4 is 69.6 Å². The highest BCUT2D eigenvalue weighted by atomic mass is 35.5. The first-order valence-electron chi connectivity index (χ1n) is 11.6. The molecule has 3 amide bonds. The fourth-order valence-electron chi connectivity index (χ4n) is 4.15. The smallest absolute Gasteiger partial charge is 0.326 e. The van der Waals surface area contributed by atoms with E-state index in [9.17, 15) is 40.7 Å². The van der Waals surface area contributed by atoms with Crippen molar-refractivity contribution in [1.82, 2.24) is 0 Å². The fourth-order valence-corrected chi connectivity index (χ4v) is 5.18. The predicted octanol–water partition coefficient (Wildman–Crippen LogP) is 7.68. The van der Waals surface area contributed by atoms with Gasteiger partial charge in [0.05, 0.1) is 27.8 Å². The molecule has 2 atom stereocenters. The maximum absolute atomic E-state index is 14.8. The Morgan fingerprint density at radius 1 is 0.905 bits per heavy atom. The Morgan fingerprint density at radius 2 is 1.57 bits per heavy atom. The van der Waals surface area contributed by atoms with Crippen molar-refractivity contribution < 1.29 is 40.7 Å². The van der Waals surface area contributed by atoms with E-state index in [0.29, 0.717) is 12.1 Å². The van der Waals surface area contributed by atoms with Crippen LogP contribution >= 0.6 is 34.8 Å². The molecule has 0 spiro atoms. The molecule has 15 heteroatoms. The van der Waals surface area contributed by atoms with E-state index in [1.165, 1.54) is 12.1 Å². The third kappa shape index (κ3) is 6.20. The first-order chi connectivity index (χ1) is 19.6. The molecule has 220 valence electrons. The average Bonchev–Trinajstić information content (AvgIpc) is 3.50. The SMILES string of the molecule is C=CC(=O)Nc1c(F)ccc(NC(=O)c2cc(NC(=O)[C@H]3[C@H](c4ccc(F)c(C(F)(F)F)c4)C3(Cl)Cl)ccc2Cl)c1F.